The number of nitrogens with zero attached hydrogens (tertiary/aromatic N) is 1. The Morgan fingerprint density at radius 3 is 2.90 bits per heavy atom. The number of para-hydroxylation sites is 1. The Bertz CT molecular complexity index is 652. The number of hydrogen-bond acceptors (Lipinski definition) is 2. The lowest BCUT2D eigenvalue weighted by molar-refractivity contribution is 0.762. The summed E-state index contributed by atoms with van der Waals surface area (Å²) in [7, 11) is 0. The van der Waals surface area contributed by atoms with Crippen LogP contribution < -0.4 is 10.6 Å². The van der Waals surface area contributed by atoms with Gasteiger partial charge in [0.05, 0.1) is 10.7 Å². The second kappa shape index (κ2) is 6.08. The predicted molar refractivity (Wildman–Crippen MR) is 90.7 cm³/mol. The van der Waals surface area contributed by atoms with Crippen LogP contribution in [0.15, 0.2) is 36.4 Å². The second-order valence-electron chi connectivity index (χ2n) is 5.67. The molecule has 0 atom stereocenters. The molecule has 0 saturated heterocycles. The summed E-state index contributed by atoms with van der Waals surface area (Å²) in [5.41, 5.74) is 12.2. The second-order valence-corrected chi connectivity index (χ2v) is 6.08. The van der Waals surface area contributed by atoms with Gasteiger partial charge in [0.15, 0.2) is 0 Å². The SMILES string of the molecule is Cc1ccc2c(c1)CCCN2c1c(Cl)cccc1CCN. The molecular formula is C18H21ClN2. The Morgan fingerprint density at radius 1 is 1.24 bits per heavy atom. The Labute approximate surface area is 131 Å². The number of benzene rings is 2. The van der Waals surface area contributed by atoms with E-state index >= 15 is 0 Å². The van der Waals surface area contributed by atoms with E-state index in [0.717, 1.165) is 36.5 Å². The monoisotopic (exact) mass is 300 g/mol. The number of fused-ring (bicyclic) bond motifs is 1. The molecule has 0 unspecified atom stereocenters. The van der Waals surface area contributed by atoms with Gasteiger partial charge in [-0.3, -0.25) is 0 Å². The van der Waals surface area contributed by atoms with Crippen LogP contribution in [0.5, 0.6) is 0 Å². The summed E-state index contributed by atoms with van der Waals surface area (Å²) < 4.78 is 0. The predicted octanol–water partition coefficient (Wildman–Crippen LogP) is 4.23. The van der Waals surface area contributed by atoms with Gasteiger partial charge in [-0.25, -0.2) is 0 Å². The molecule has 0 saturated carbocycles. The molecule has 0 amide bonds. The third kappa shape index (κ3) is 2.78. The van der Waals surface area contributed by atoms with Crippen LogP contribution in [0.1, 0.15) is 23.1 Å². The van der Waals surface area contributed by atoms with Gasteiger partial charge in [-0.05, 0) is 56.0 Å². The first-order valence-corrected chi connectivity index (χ1v) is 7.93. The molecule has 0 bridgehead atoms. The fraction of sp³-hybridized carbons (Fsp3) is 0.333. The zero-order chi connectivity index (χ0) is 14.8. The van der Waals surface area contributed by atoms with Gasteiger partial charge >= 0.3 is 0 Å². The van der Waals surface area contributed by atoms with Gasteiger partial charge in [-0.2, -0.15) is 0 Å². The van der Waals surface area contributed by atoms with Crippen molar-refractivity contribution >= 4 is 23.0 Å². The normalized spacial score (nSPS) is 14.1. The molecule has 0 fully saturated rings. The van der Waals surface area contributed by atoms with Crippen molar-refractivity contribution in [1.82, 2.24) is 0 Å². The molecule has 1 heterocycles. The van der Waals surface area contributed by atoms with E-state index in [-0.39, 0.29) is 0 Å². The van der Waals surface area contributed by atoms with Crippen molar-refractivity contribution in [2.75, 3.05) is 18.0 Å². The van der Waals surface area contributed by atoms with Crippen LogP contribution in [-0.2, 0) is 12.8 Å². The maximum Gasteiger partial charge on any atom is 0.0645 e. The summed E-state index contributed by atoms with van der Waals surface area (Å²) in [4.78, 5) is 2.37. The van der Waals surface area contributed by atoms with Gasteiger partial charge in [-0.15, -0.1) is 0 Å². The Hall–Kier alpha value is -1.51. The van der Waals surface area contributed by atoms with Crippen LogP contribution in [0.4, 0.5) is 11.4 Å². The fourth-order valence-electron chi connectivity index (χ4n) is 3.18. The van der Waals surface area contributed by atoms with Crippen molar-refractivity contribution in [3.8, 4) is 0 Å². The first-order valence-electron chi connectivity index (χ1n) is 7.55. The van der Waals surface area contributed by atoms with Crippen molar-refractivity contribution in [1.29, 1.82) is 0 Å². The quantitative estimate of drug-likeness (QED) is 0.919. The minimum absolute atomic E-state index is 0.641. The molecule has 0 radical (unpaired) electrons. The van der Waals surface area contributed by atoms with E-state index in [0.29, 0.717) is 6.54 Å². The van der Waals surface area contributed by atoms with Gasteiger partial charge in [0.2, 0.25) is 0 Å². The van der Waals surface area contributed by atoms with Crippen LogP contribution in [0.25, 0.3) is 0 Å². The Morgan fingerprint density at radius 2 is 2.10 bits per heavy atom. The smallest absolute Gasteiger partial charge is 0.0645 e. The first-order chi connectivity index (χ1) is 10.2. The van der Waals surface area contributed by atoms with E-state index < -0.39 is 0 Å². The third-order valence-electron chi connectivity index (χ3n) is 4.11. The summed E-state index contributed by atoms with van der Waals surface area (Å²) in [6.45, 7) is 3.80. The fourth-order valence-corrected chi connectivity index (χ4v) is 3.47. The highest BCUT2D eigenvalue weighted by atomic mass is 35.5. The number of anilines is 2. The molecule has 110 valence electrons. The van der Waals surface area contributed by atoms with Gasteiger partial charge in [0.25, 0.3) is 0 Å². The van der Waals surface area contributed by atoms with Crippen LogP contribution >= 0.6 is 11.6 Å². The third-order valence-corrected chi connectivity index (χ3v) is 4.41. The van der Waals surface area contributed by atoms with Crippen molar-refractivity contribution < 1.29 is 0 Å². The van der Waals surface area contributed by atoms with E-state index in [4.69, 9.17) is 17.3 Å². The van der Waals surface area contributed by atoms with Crippen LogP contribution in [0.2, 0.25) is 5.02 Å². The zero-order valence-electron chi connectivity index (χ0n) is 12.4. The van der Waals surface area contributed by atoms with Crippen molar-refractivity contribution in [2.24, 2.45) is 5.73 Å². The molecule has 0 spiro atoms. The van der Waals surface area contributed by atoms with Crippen LogP contribution in [0, 0.1) is 6.92 Å². The van der Waals surface area contributed by atoms with E-state index in [1.807, 2.05) is 12.1 Å². The molecule has 1 aliphatic rings. The summed E-state index contributed by atoms with van der Waals surface area (Å²) in [5, 5.41) is 0.814. The maximum atomic E-state index is 6.51. The molecule has 2 nitrogen and oxygen atoms in total. The summed E-state index contributed by atoms with van der Waals surface area (Å²) in [5.74, 6) is 0. The highest BCUT2D eigenvalue weighted by Crippen LogP contribution is 2.39. The topological polar surface area (TPSA) is 29.3 Å². The number of hydrogen-bond donors (Lipinski definition) is 1. The maximum absolute atomic E-state index is 6.51. The van der Waals surface area contributed by atoms with E-state index in [1.54, 1.807) is 0 Å². The number of halogens is 1. The Kier molecular flexibility index (Phi) is 4.18. The van der Waals surface area contributed by atoms with E-state index in [1.165, 1.54) is 22.4 Å². The van der Waals surface area contributed by atoms with Crippen molar-refractivity contribution in [3.05, 3.63) is 58.1 Å². The molecule has 2 aromatic rings. The lowest BCUT2D eigenvalue weighted by Crippen LogP contribution is -2.26. The number of nitrogens with two attached hydrogens (primary N) is 1. The molecule has 0 aliphatic carbocycles. The molecule has 1 aliphatic heterocycles. The van der Waals surface area contributed by atoms with Crippen LogP contribution in [-0.4, -0.2) is 13.1 Å². The highest BCUT2D eigenvalue weighted by Gasteiger charge is 2.22. The first kappa shape index (κ1) is 14.4. The molecule has 3 heteroatoms. The average Bonchev–Trinajstić information content (AvgIpc) is 2.47. The largest absolute Gasteiger partial charge is 0.340 e. The molecule has 3 rings (SSSR count). The highest BCUT2D eigenvalue weighted by molar-refractivity contribution is 6.33. The lowest BCUT2D eigenvalue weighted by atomic mass is 9.97. The lowest BCUT2D eigenvalue weighted by Gasteiger charge is -2.33. The summed E-state index contributed by atoms with van der Waals surface area (Å²) in [6, 6.07) is 12.8. The van der Waals surface area contributed by atoms with E-state index in [9.17, 15) is 0 Å². The molecule has 2 N–H and O–H groups in total. The standard InChI is InChI=1S/C18H21ClN2/c1-13-7-8-17-15(12-13)5-3-11-21(17)18-14(9-10-20)4-2-6-16(18)19/h2,4,6-8,12H,3,5,9-11,20H2,1H3. The van der Waals surface area contributed by atoms with E-state index in [2.05, 4.69) is 36.1 Å². The average molecular weight is 301 g/mol. The minimum Gasteiger partial charge on any atom is -0.340 e. The van der Waals surface area contributed by atoms with Gasteiger partial charge in [0.1, 0.15) is 0 Å². The molecule has 2 aromatic carbocycles. The molecule has 0 aromatic heterocycles. The molecular weight excluding hydrogens is 280 g/mol. The van der Waals surface area contributed by atoms with Crippen molar-refractivity contribution in [2.45, 2.75) is 26.2 Å². The van der Waals surface area contributed by atoms with Crippen LogP contribution in [0.3, 0.4) is 0 Å². The number of aryl methyl sites for hydroxylation is 2. The van der Waals surface area contributed by atoms with Gasteiger partial charge < -0.3 is 10.6 Å². The van der Waals surface area contributed by atoms with Crippen molar-refractivity contribution in [3.63, 3.8) is 0 Å². The summed E-state index contributed by atoms with van der Waals surface area (Å²) in [6.07, 6.45) is 3.15. The van der Waals surface area contributed by atoms with Gasteiger partial charge in [0, 0.05) is 12.2 Å². The van der Waals surface area contributed by atoms with Gasteiger partial charge in [-0.1, -0.05) is 41.4 Å². The molecule has 21 heavy (non-hydrogen) atoms. The Balaban J connectivity index is 2.11. The zero-order valence-corrected chi connectivity index (χ0v) is 13.2. The summed E-state index contributed by atoms with van der Waals surface area (Å²) >= 11 is 6.51. The number of rotatable bonds is 3. The minimum atomic E-state index is 0.641.